The molecule has 2 heteroatoms. The fourth-order valence-corrected chi connectivity index (χ4v) is 2.08. The van der Waals surface area contributed by atoms with E-state index in [1.807, 2.05) is 0 Å². The van der Waals surface area contributed by atoms with Crippen LogP contribution in [0, 0.1) is 11.8 Å². The van der Waals surface area contributed by atoms with Gasteiger partial charge in [-0.15, -0.1) is 0 Å². The Hall–Kier alpha value is -0.340. The molecule has 94 valence electrons. The Balaban J connectivity index is 1.76. The molecule has 1 atom stereocenters. The maximum Gasteiger partial charge on any atom is -0.00258 e. The average molecular weight is 224 g/mol. The summed E-state index contributed by atoms with van der Waals surface area (Å²) in [6.45, 7) is 9.13. The van der Waals surface area contributed by atoms with Crippen LogP contribution in [0.15, 0.2) is 12.2 Å². The molecule has 0 aliphatic heterocycles. The van der Waals surface area contributed by atoms with Crippen LogP contribution in [0.25, 0.3) is 0 Å². The van der Waals surface area contributed by atoms with Crippen molar-refractivity contribution in [1.29, 1.82) is 0 Å². The summed E-state index contributed by atoms with van der Waals surface area (Å²) in [5.74, 6) is 1.62. The molecule has 1 unspecified atom stereocenters. The van der Waals surface area contributed by atoms with Crippen molar-refractivity contribution in [2.24, 2.45) is 11.8 Å². The minimum atomic E-state index is 0.766. The van der Waals surface area contributed by atoms with Gasteiger partial charge in [-0.2, -0.15) is 0 Å². The molecule has 0 bridgehead atoms. The first kappa shape index (κ1) is 13.7. The van der Waals surface area contributed by atoms with Gasteiger partial charge in [0, 0.05) is 0 Å². The summed E-state index contributed by atoms with van der Waals surface area (Å²) in [7, 11) is 0. The summed E-state index contributed by atoms with van der Waals surface area (Å²) < 4.78 is 0. The van der Waals surface area contributed by atoms with E-state index in [1.54, 1.807) is 0 Å². The van der Waals surface area contributed by atoms with Gasteiger partial charge in [-0.1, -0.05) is 26.0 Å². The average Bonchev–Trinajstić information content (AvgIpc) is 2.74. The van der Waals surface area contributed by atoms with Gasteiger partial charge in [0.25, 0.3) is 0 Å². The molecule has 0 aromatic heterocycles. The van der Waals surface area contributed by atoms with Crippen molar-refractivity contribution in [3.8, 4) is 0 Å². The van der Waals surface area contributed by atoms with Crippen LogP contribution >= 0.6 is 0 Å². The van der Waals surface area contributed by atoms with E-state index in [0.717, 1.165) is 31.5 Å². The number of nitrogens with one attached hydrogen (secondary N) is 2. The third-order valence-corrected chi connectivity index (χ3v) is 3.06. The van der Waals surface area contributed by atoms with Crippen molar-refractivity contribution in [1.82, 2.24) is 10.6 Å². The number of hydrogen-bond donors (Lipinski definition) is 2. The largest absolute Gasteiger partial charge is 0.317 e. The molecule has 1 rings (SSSR count). The highest BCUT2D eigenvalue weighted by Crippen LogP contribution is 2.19. The minimum absolute atomic E-state index is 0.766. The van der Waals surface area contributed by atoms with Gasteiger partial charge in [0.15, 0.2) is 0 Å². The fourth-order valence-electron chi connectivity index (χ4n) is 2.08. The van der Waals surface area contributed by atoms with E-state index in [-0.39, 0.29) is 0 Å². The molecule has 0 saturated carbocycles. The number of allylic oxidation sites excluding steroid dienone is 2. The van der Waals surface area contributed by atoms with Crippen LogP contribution in [-0.2, 0) is 0 Å². The van der Waals surface area contributed by atoms with Crippen molar-refractivity contribution in [2.45, 2.75) is 39.5 Å². The van der Waals surface area contributed by atoms with Crippen molar-refractivity contribution in [2.75, 3.05) is 26.2 Å². The Morgan fingerprint density at radius 2 is 2.00 bits per heavy atom. The van der Waals surface area contributed by atoms with Gasteiger partial charge in [0.05, 0.1) is 0 Å². The second-order valence-corrected chi connectivity index (χ2v) is 5.26. The van der Waals surface area contributed by atoms with Gasteiger partial charge in [-0.3, -0.25) is 0 Å². The van der Waals surface area contributed by atoms with E-state index in [4.69, 9.17) is 0 Å². The first-order chi connectivity index (χ1) is 7.79. The van der Waals surface area contributed by atoms with E-state index >= 15 is 0 Å². The lowest BCUT2D eigenvalue weighted by molar-refractivity contribution is 0.507. The van der Waals surface area contributed by atoms with E-state index in [0.29, 0.717) is 0 Å². The SMILES string of the molecule is CC(C)CNCCCNCCC1C=CCC1. The molecule has 0 radical (unpaired) electrons. The summed E-state index contributed by atoms with van der Waals surface area (Å²) in [6, 6.07) is 0. The summed E-state index contributed by atoms with van der Waals surface area (Å²) in [5.41, 5.74) is 0. The summed E-state index contributed by atoms with van der Waals surface area (Å²) in [6.07, 6.45) is 9.93. The Bertz CT molecular complexity index is 187. The van der Waals surface area contributed by atoms with Crippen molar-refractivity contribution in [3.05, 3.63) is 12.2 Å². The Labute approximate surface area is 101 Å². The Morgan fingerprint density at radius 1 is 1.19 bits per heavy atom. The molecule has 0 saturated heterocycles. The van der Waals surface area contributed by atoms with Crippen LogP contribution in [0.3, 0.4) is 0 Å². The van der Waals surface area contributed by atoms with Gasteiger partial charge in [-0.25, -0.2) is 0 Å². The molecule has 0 aromatic carbocycles. The van der Waals surface area contributed by atoms with Gasteiger partial charge < -0.3 is 10.6 Å². The normalized spacial score (nSPS) is 19.8. The predicted octanol–water partition coefficient (Wildman–Crippen LogP) is 2.57. The zero-order valence-electron chi connectivity index (χ0n) is 11.0. The van der Waals surface area contributed by atoms with Crippen LogP contribution in [0.4, 0.5) is 0 Å². The third kappa shape index (κ3) is 7.02. The fraction of sp³-hybridized carbons (Fsp3) is 0.857. The lowest BCUT2D eigenvalue weighted by Crippen LogP contribution is -2.25. The van der Waals surface area contributed by atoms with E-state index in [1.165, 1.54) is 32.2 Å². The summed E-state index contributed by atoms with van der Waals surface area (Å²) in [4.78, 5) is 0. The zero-order chi connectivity index (χ0) is 11.6. The van der Waals surface area contributed by atoms with Gasteiger partial charge >= 0.3 is 0 Å². The van der Waals surface area contributed by atoms with E-state index < -0.39 is 0 Å². The molecule has 0 heterocycles. The van der Waals surface area contributed by atoms with Gasteiger partial charge in [-0.05, 0) is 63.7 Å². The highest BCUT2D eigenvalue weighted by atomic mass is 14.9. The van der Waals surface area contributed by atoms with Crippen molar-refractivity contribution in [3.63, 3.8) is 0 Å². The first-order valence-corrected chi connectivity index (χ1v) is 6.87. The predicted molar refractivity (Wildman–Crippen MR) is 71.7 cm³/mol. The molecule has 0 aromatic rings. The quantitative estimate of drug-likeness (QED) is 0.464. The van der Waals surface area contributed by atoms with Crippen LogP contribution in [0.5, 0.6) is 0 Å². The maximum atomic E-state index is 3.53. The zero-order valence-corrected chi connectivity index (χ0v) is 11.0. The highest BCUT2D eigenvalue weighted by Gasteiger charge is 2.07. The van der Waals surface area contributed by atoms with Crippen LogP contribution in [-0.4, -0.2) is 26.2 Å². The molecule has 1 aliphatic carbocycles. The van der Waals surface area contributed by atoms with Crippen LogP contribution in [0.2, 0.25) is 0 Å². The van der Waals surface area contributed by atoms with Crippen molar-refractivity contribution >= 4 is 0 Å². The highest BCUT2D eigenvalue weighted by molar-refractivity contribution is 4.95. The molecule has 0 fully saturated rings. The van der Waals surface area contributed by atoms with E-state index in [2.05, 4.69) is 36.6 Å². The molecule has 0 amide bonds. The minimum Gasteiger partial charge on any atom is -0.317 e. The molecular weight excluding hydrogens is 196 g/mol. The molecule has 1 aliphatic rings. The molecule has 16 heavy (non-hydrogen) atoms. The van der Waals surface area contributed by atoms with Gasteiger partial charge in [0.1, 0.15) is 0 Å². The second kappa shape index (κ2) is 8.77. The van der Waals surface area contributed by atoms with Crippen LogP contribution < -0.4 is 10.6 Å². The van der Waals surface area contributed by atoms with E-state index in [9.17, 15) is 0 Å². The summed E-state index contributed by atoms with van der Waals surface area (Å²) in [5, 5.41) is 6.99. The molecular formula is C14H28N2. The third-order valence-electron chi connectivity index (χ3n) is 3.06. The monoisotopic (exact) mass is 224 g/mol. The topological polar surface area (TPSA) is 24.1 Å². The molecule has 2 N–H and O–H groups in total. The molecule has 2 nitrogen and oxygen atoms in total. The lowest BCUT2D eigenvalue weighted by Gasteiger charge is -2.10. The van der Waals surface area contributed by atoms with Crippen molar-refractivity contribution < 1.29 is 0 Å². The second-order valence-electron chi connectivity index (χ2n) is 5.26. The maximum absolute atomic E-state index is 3.53. The lowest BCUT2D eigenvalue weighted by atomic mass is 10.1. The van der Waals surface area contributed by atoms with Gasteiger partial charge in [0.2, 0.25) is 0 Å². The number of hydrogen-bond acceptors (Lipinski definition) is 2. The standard InChI is InChI=1S/C14H28N2/c1-13(2)12-16-10-5-9-15-11-8-14-6-3-4-7-14/h3,6,13-16H,4-5,7-12H2,1-2H3. The first-order valence-electron chi connectivity index (χ1n) is 6.87. The van der Waals surface area contributed by atoms with Crippen LogP contribution in [0.1, 0.15) is 39.5 Å². The Kier molecular flexibility index (Phi) is 7.52. The smallest absolute Gasteiger partial charge is 0.00258 e. The Morgan fingerprint density at radius 3 is 2.69 bits per heavy atom. The molecule has 0 spiro atoms. The number of rotatable bonds is 9. The summed E-state index contributed by atoms with van der Waals surface area (Å²) >= 11 is 0.